The van der Waals surface area contributed by atoms with Crippen LogP contribution in [-0.2, 0) is 0 Å². The average molecular weight is 234 g/mol. The molecule has 0 radical (unpaired) electrons. The van der Waals surface area contributed by atoms with Gasteiger partial charge in [-0.05, 0) is 19.4 Å². The molecule has 2 aliphatic heterocycles. The first-order chi connectivity index (χ1) is 8.20. The molecule has 0 saturated carbocycles. The Balaban J connectivity index is 1.65. The van der Waals surface area contributed by atoms with Crippen molar-refractivity contribution in [2.75, 3.05) is 31.9 Å². The quantitative estimate of drug-likeness (QED) is 0.498. The fourth-order valence-electron chi connectivity index (χ4n) is 2.88. The lowest BCUT2D eigenvalue weighted by Gasteiger charge is -2.53. The monoisotopic (exact) mass is 234 g/mol. The highest BCUT2D eigenvalue weighted by Gasteiger charge is 2.45. The van der Waals surface area contributed by atoms with Crippen LogP contribution in [0.15, 0.2) is 16.7 Å². The van der Waals surface area contributed by atoms with E-state index in [1.54, 1.807) is 6.07 Å². The Bertz CT molecular complexity index is 425. The van der Waals surface area contributed by atoms with Crippen LogP contribution in [-0.4, -0.2) is 36.9 Å². The number of hydrogen-bond donors (Lipinski definition) is 3. The molecule has 0 atom stereocenters. The molecule has 0 aromatic carbocycles. The van der Waals surface area contributed by atoms with Gasteiger partial charge < -0.3 is 20.4 Å². The van der Waals surface area contributed by atoms with Gasteiger partial charge >= 0.3 is 0 Å². The smallest absolute Gasteiger partial charge is 0.191 e. The van der Waals surface area contributed by atoms with Crippen molar-refractivity contribution >= 4 is 11.5 Å². The van der Waals surface area contributed by atoms with E-state index in [4.69, 9.17) is 15.6 Å². The van der Waals surface area contributed by atoms with Crippen molar-refractivity contribution in [3.63, 3.8) is 0 Å². The number of nitrogens with zero attached hydrogens (tertiary/aromatic N) is 1. The van der Waals surface area contributed by atoms with Gasteiger partial charge in [0, 0.05) is 31.1 Å². The summed E-state index contributed by atoms with van der Waals surface area (Å²) in [5, 5.41) is 11.5. The third kappa shape index (κ3) is 1.70. The lowest BCUT2D eigenvalue weighted by molar-refractivity contribution is 0.0326. The van der Waals surface area contributed by atoms with Crippen LogP contribution < -0.4 is 11.1 Å². The number of anilines is 1. The number of piperidine rings is 1. The number of furan rings is 1. The van der Waals surface area contributed by atoms with Crippen LogP contribution in [0.5, 0.6) is 0 Å². The predicted octanol–water partition coefficient (Wildman–Crippen LogP) is 0.873. The molecule has 3 rings (SSSR count). The molecule has 1 aromatic rings. The van der Waals surface area contributed by atoms with Crippen molar-refractivity contribution in [1.29, 1.82) is 5.41 Å². The van der Waals surface area contributed by atoms with E-state index in [1.165, 1.54) is 19.1 Å². The Morgan fingerprint density at radius 2 is 2.35 bits per heavy atom. The van der Waals surface area contributed by atoms with Crippen molar-refractivity contribution in [3.05, 3.63) is 18.1 Å². The maximum absolute atomic E-state index is 8.08. The highest BCUT2D eigenvalue weighted by atomic mass is 16.3. The second-order valence-corrected chi connectivity index (χ2v) is 5.19. The molecule has 5 nitrogen and oxygen atoms in total. The summed E-state index contributed by atoms with van der Waals surface area (Å²) < 4.78 is 5.25. The van der Waals surface area contributed by atoms with Crippen molar-refractivity contribution in [2.45, 2.75) is 12.8 Å². The third-order valence-electron chi connectivity index (χ3n) is 3.84. The largest absolute Gasteiger partial charge is 0.459 e. The molecule has 0 bridgehead atoms. The molecule has 1 aromatic heterocycles. The van der Waals surface area contributed by atoms with E-state index in [0.717, 1.165) is 26.2 Å². The molecular weight excluding hydrogens is 216 g/mol. The minimum atomic E-state index is 0.381. The van der Waals surface area contributed by atoms with Gasteiger partial charge in [0.15, 0.2) is 11.6 Å². The zero-order chi connectivity index (χ0) is 11.9. The van der Waals surface area contributed by atoms with Crippen LogP contribution in [0.25, 0.3) is 0 Å². The molecule has 2 aliphatic rings. The molecule has 0 unspecified atom stereocenters. The van der Waals surface area contributed by atoms with Gasteiger partial charge in [-0.2, -0.15) is 0 Å². The molecule has 0 aliphatic carbocycles. The van der Waals surface area contributed by atoms with E-state index in [2.05, 4.69) is 5.32 Å². The Kier molecular flexibility index (Phi) is 2.36. The maximum atomic E-state index is 8.08. The van der Waals surface area contributed by atoms with Gasteiger partial charge in [-0.25, -0.2) is 0 Å². The SMILES string of the molecule is N=C(c1occc1N)N1CC2(CCCNC2)C1. The topological polar surface area (TPSA) is 78.3 Å². The van der Waals surface area contributed by atoms with E-state index >= 15 is 0 Å². The second kappa shape index (κ2) is 3.77. The number of amidine groups is 1. The van der Waals surface area contributed by atoms with Crippen LogP contribution in [0.2, 0.25) is 0 Å². The van der Waals surface area contributed by atoms with Gasteiger partial charge in [-0.15, -0.1) is 0 Å². The Hall–Kier alpha value is -1.49. The molecular formula is C12H18N4O. The Morgan fingerprint density at radius 1 is 1.53 bits per heavy atom. The Labute approximate surface area is 100 Å². The number of hydrogen-bond acceptors (Lipinski definition) is 4. The van der Waals surface area contributed by atoms with Crippen molar-refractivity contribution in [1.82, 2.24) is 10.2 Å². The summed E-state index contributed by atoms with van der Waals surface area (Å²) in [7, 11) is 0. The zero-order valence-corrected chi connectivity index (χ0v) is 9.83. The summed E-state index contributed by atoms with van der Waals surface area (Å²) >= 11 is 0. The normalized spacial score (nSPS) is 22.5. The first-order valence-corrected chi connectivity index (χ1v) is 6.08. The van der Waals surface area contributed by atoms with Crippen LogP contribution in [0, 0.1) is 10.8 Å². The minimum absolute atomic E-state index is 0.381. The van der Waals surface area contributed by atoms with Gasteiger partial charge in [0.25, 0.3) is 0 Å². The lowest BCUT2D eigenvalue weighted by atomic mass is 9.74. The summed E-state index contributed by atoms with van der Waals surface area (Å²) in [6.07, 6.45) is 4.04. The van der Waals surface area contributed by atoms with Crippen molar-refractivity contribution < 1.29 is 4.42 Å². The molecule has 92 valence electrons. The minimum Gasteiger partial charge on any atom is -0.459 e. The summed E-state index contributed by atoms with van der Waals surface area (Å²) in [4.78, 5) is 2.04. The van der Waals surface area contributed by atoms with Gasteiger partial charge in [0.1, 0.15) is 0 Å². The van der Waals surface area contributed by atoms with Gasteiger partial charge in [-0.1, -0.05) is 0 Å². The highest BCUT2D eigenvalue weighted by Crippen LogP contribution is 2.37. The van der Waals surface area contributed by atoms with E-state index in [9.17, 15) is 0 Å². The maximum Gasteiger partial charge on any atom is 0.191 e. The highest BCUT2D eigenvalue weighted by molar-refractivity contribution is 5.98. The molecule has 0 amide bonds. The van der Waals surface area contributed by atoms with E-state index < -0.39 is 0 Å². The molecule has 4 N–H and O–H groups in total. The molecule has 17 heavy (non-hydrogen) atoms. The first kappa shape index (κ1) is 10.7. The number of nitrogens with two attached hydrogens (primary N) is 1. The zero-order valence-electron chi connectivity index (χ0n) is 9.83. The summed E-state index contributed by atoms with van der Waals surface area (Å²) in [6, 6.07) is 1.70. The van der Waals surface area contributed by atoms with Crippen molar-refractivity contribution in [2.24, 2.45) is 5.41 Å². The first-order valence-electron chi connectivity index (χ1n) is 6.08. The fourth-order valence-corrected chi connectivity index (χ4v) is 2.88. The van der Waals surface area contributed by atoms with E-state index in [1.807, 2.05) is 4.90 Å². The average Bonchev–Trinajstić information content (AvgIpc) is 2.72. The standard InChI is InChI=1S/C12H18N4O/c13-9-2-5-17-10(9)11(14)16-7-12(8-16)3-1-4-15-6-12/h2,5,14-15H,1,3-4,6-8,13H2. The molecule has 3 heterocycles. The predicted molar refractivity (Wildman–Crippen MR) is 66.1 cm³/mol. The molecule has 2 saturated heterocycles. The fraction of sp³-hybridized carbons (Fsp3) is 0.583. The Morgan fingerprint density at radius 3 is 2.94 bits per heavy atom. The third-order valence-corrected chi connectivity index (χ3v) is 3.84. The molecule has 1 spiro atoms. The molecule has 2 fully saturated rings. The number of likely N-dealkylation sites (tertiary alicyclic amines) is 1. The summed E-state index contributed by atoms with van der Waals surface area (Å²) in [5.74, 6) is 0.923. The molecule has 5 heteroatoms. The van der Waals surface area contributed by atoms with Gasteiger partial charge in [-0.3, -0.25) is 5.41 Å². The van der Waals surface area contributed by atoms with Crippen molar-refractivity contribution in [3.8, 4) is 0 Å². The van der Waals surface area contributed by atoms with Crippen LogP contribution in [0.3, 0.4) is 0 Å². The van der Waals surface area contributed by atoms with Crippen LogP contribution >= 0.6 is 0 Å². The van der Waals surface area contributed by atoms with E-state index in [0.29, 0.717) is 22.7 Å². The lowest BCUT2D eigenvalue weighted by Crippen LogP contribution is -2.63. The summed E-state index contributed by atoms with van der Waals surface area (Å²) in [6.45, 7) is 4.09. The second-order valence-electron chi connectivity index (χ2n) is 5.19. The van der Waals surface area contributed by atoms with Crippen LogP contribution in [0.4, 0.5) is 5.69 Å². The van der Waals surface area contributed by atoms with Gasteiger partial charge in [0.2, 0.25) is 0 Å². The number of rotatable bonds is 1. The van der Waals surface area contributed by atoms with E-state index in [-0.39, 0.29) is 0 Å². The summed E-state index contributed by atoms with van der Waals surface area (Å²) in [5.41, 5.74) is 6.69. The van der Waals surface area contributed by atoms with Crippen LogP contribution in [0.1, 0.15) is 18.6 Å². The number of nitrogens with one attached hydrogen (secondary N) is 2. The van der Waals surface area contributed by atoms with Gasteiger partial charge in [0.05, 0.1) is 12.0 Å². The number of nitrogen functional groups attached to an aromatic ring is 1.